The molecule has 2 aliphatic heterocycles. The molecule has 0 spiro atoms. The van der Waals surface area contributed by atoms with Crippen LogP contribution in [0.5, 0.6) is 5.75 Å². The Kier molecular flexibility index (Phi) is 6.91. The van der Waals surface area contributed by atoms with E-state index >= 15 is 0 Å². The molecule has 3 aliphatic rings. The molecular formula is C30H37N3O5. The van der Waals surface area contributed by atoms with Crippen LogP contribution in [0.4, 0.5) is 0 Å². The van der Waals surface area contributed by atoms with Gasteiger partial charge >= 0.3 is 5.97 Å². The van der Waals surface area contributed by atoms with Crippen molar-refractivity contribution in [1.29, 1.82) is 0 Å². The van der Waals surface area contributed by atoms with Gasteiger partial charge < -0.3 is 29.4 Å². The first-order chi connectivity index (χ1) is 18.5. The summed E-state index contributed by atoms with van der Waals surface area (Å²) in [5, 5.41) is 24.8. The lowest BCUT2D eigenvalue weighted by Crippen LogP contribution is -2.49. The Morgan fingerprint density at radius 1 is 1.05 bits per heavy atom. The van der Waals surface area contributed by atoms with Crippen molar-refractivity contribution in [2.45, 2.75) is 76.3 Å². The van der Waals surface area contributed by atoms with Crippen LogP contribution in [0.1, 0.15) is 79.6 Å². The summed E-state index contributed by atoms with van der Waals surface area (Å²) in [6.45, 7) is 2.84. The minimum atomic E-state index is -1.18. The molecule has 3 fully saturated rings. The number of phenols is 1. The summed E-state index contributed by atoms with van der Waals surface area (Å²) in [7, 11) is 0. The summed E-state index contributed by atoms with van der Waals surface area (Å²) < 4.78 is 7.49. The van der Waals surface area contributed by atoms with Crippen molar-refractivity contribution < 1.29 is 24.2 Å². The molecule has 1 amide bonds. The van der Waals surface area contributed by atoms with E-state index in [4.69, 9.17) is 4.42 Å². The number of carboxylic acids is 1. The van der Waals surface area contributed by atoms with E-state index in [-0.39, 0.29) is 35.7 Å². The van der Waals surface area contributed by atoms with Crippen LogP contribution >= 0.6 is 0 Å². The zero-order valence-electron chi connectivity index (χ0n) is 21.8. The van der Waals surface area contributed by atoms with Gasteiger partial charge in [-0.25, -0.2) is 4.79 Å². The number of furan rings is 1. The summed E-state index contributed by atoms with van der Waals surface area (Å²) in [6.07, 6.45) is 13.1. The number of carboxylic acid groups (broad SMARTS) is 1. The van der Waals surface area contributed by atoms with Crippen LogP contribution in [-0.2, 0) is 11.3 Å². The topological polar surface area (TPSA) is 108 Å². The first-order valence-electron chi connectivity index (χ1n) is 14.2. The maximum absolute atomic E-state index is 14.1. The van der Waals surface area contributed by atoms with Crippen LogP contribution in [0, 0.1) is 5.92 Å². The molecule has 38 heavy (non-hydrogen) atoms. The molecule has 0 bridgehead atoms. The number of hydrogen-bond donors (Lipinski definition) is 3. The van der Waals surface area contributed by atoms with Crippen molar-refractivity contribution in [1.82, 2.24) is 14.8 Å². The highest BCUT2D eigenvalue weighted by atomic mass is 16.4. The van der Waals surface area contributed by atoms with E-state index in [1.54, 1.807) is 24.7 Å². The SMILES string of the molecule is O=C(O)c1cc2c(cc1O)c(C1CCCCC1)c(-c1ccoc1)n2CC(=O)N1CCCCC1C1CCNC1. The normalized spacial score (nSPS) is 22.8. The Labute approximate surface area is 222 Å². The van der Waals surface area contributed by atoms with Gasteiger partial charge in [-0.15, -0.1) is 0 Å². The number of amides is 1. The summed E-state index contributed by atoms with van der Waals surface area (Å²) in [5.74, 6) is -0.605. The second-order valence-electron chi connectivity index (χ2n) is 11.3. The number of likely N-dealkylation sites (tertiary alicyclic amines) is 1. The van der Waals surface area contributed by atoms with E-state index in [1.807, 2.05) is 10.6 Å². The lowest BCUT2D eigenvalue weighted by molar-refractivity contribution is -0.136. The molecule has 2 unspecified atom stereocenters. The fourth-order valence-corrected chi connectivity index (χ4v) is 7.25. The quantitative estimate of drug-likeness (QED) is 0.406. The maximum atomic E-state index is 14.1. The number of carbonyl (C=O) groups excluding carboxylic acids is 1. The molecule has 2 atom stereocenters. The van der Waals surface area contributed by atoms with E-state index < -0.39 is 5.97 Å². The number of carbonyl (C=O) groups is 2. The summed E-state index contributed by atoms with van der Waals surface area (Å²) in [6, 6.07) is 5.29. The average molecular weight is 520 g/mol. The number of fused-ring (bicyclic) bond motifs is 1. The molecular weight excluding hydrogens is 482 g/mol. The van der Waals surface area contributed by atoms with Crippen LogP contribution in [0.15, 0.2) is 35.1 Å². The van der Waals surface area contributed by atoms with Gasteiger partial charge in [0.15, 0.2) is 0 Å². The molecule has 1 aromatic carbocycles. The number of aromatic carboxylic acids is 1. The smallest absolute Gasteiger partial charge is 0.339 e. The largest absolute Gasteiger partial charge is 0.507 e. The van der Waals surface area contributed by atoms with Crippen molar-refractivity contribution in [3.05, 3.63) is 41.9 Å². The lowest BCUT2D eigenvalue weighted by atomic mass is 9.82. The fraction of sp³-hybridized carbons (Fsp3) is 0.533. The third-order valence-corrected chi connectivity index (χ3v) is 9.06. The molecule has 2 aromatic heterocycles. The number of benzene rings is 1. The number of piperidine rings is 1. The molecule has 1 aliphatic carbocycles. The first-order valence-corrected chi connectivity index (χ1v) is 14.2. The zero-order chi connectivity index (χ0) is 26.2. The number of aromatic nitrogens is 1. The molecule has 3 aromatic rings. The lowest BCUT2D eigenvalue weighted by Gasteiger charge is -2.39. The molecule has 6 rings (SSSR count). The van der Waals surface area contributed by atoms with Crippen LogP contribution in [0.3, 0.4) is 0 Å². The van der Waals surface area contributed by atoms with E-state index in [2.05, 4.69) is 10.2 Å². The number of nitrogens with zero attached hydrogens (tertiary/aromatic N) is 2. The Morgan fingerprint density at radius 3 is 2.58 bits per heavy atom. The predicted molar refractivity (Wildman–Crippen MR) is 144 cm³/mol. The van der Waals surface area contributed by atoms with Crippen molar-refractivity contribution in [3.63, 3.8) is 0 Å². The van der Waals surface area contributed by atoms with Gasteiger partial charge in [0.1, 0.15) is 17.9 Å². The van der Waals surface area contributed by atoms with E-state index in [0.29, 0.717) is 11.4 Å². The van der Waals surface area contributed by atoms with E-state index in [0.717, 1.165) is 93.2 Å². The van der Waals surface area contributed by atoms with Crippen molar-refractivity contribution >= 4 is 22.8 Å². The van der Waals surface area contributed by atoms with Gasteiger partial charge in [-0.3, -0.25) is 4.79 Å². The predicted octanol–water partition coefficient (Wildman–Crippen LogP) is 5.34. The molecule has 8 heteroatoms. The monoisotopic (exact) mass is 519 g/mol. The number of hydrogen-bond acceptors (Lipinski definition) is 5. The highest BCUT2D eigenvalue weighted by Gasteiger charge is 2.36. The second-order valence-corrected chi connectivity index (χ2v) is 11.3. The van der Waals surface area contributed by atoms with E-state index in [1.165, 1.54) is 6.42 Å². The van der Waals surface area contributed by atoms with Gasteiger partial charge in [0, 0.05) is 23.5 Å². The average Bonchev–Trinajstić information content (AvgIpc) is 3.70. The van der Waals surface area contributed by atoms with Crippen LogP contribution in [0.25, 0.3) is 22.2 Å². The van der Waals surface area contributed by atoms with Gasteiger partial charge in [0.05, 0.1) is 23.7 Å². The molecule has 3 N–H and O–H groups in total. The number of aromatic hydroxyl groups is 1. The minimum absolute atomic E-state index is 0.0726. The Morgan fingerprint density at radius 2 is 1.87 bits per heavy atom. The van der Waals surface area contributed by atoms with E-state index in [9.17, 15) is 19.8 Å². The Hall–Kier alpha value is -3.26. The molecule has 8 nitrogen and oxygen atoms in total. The summed E-state index contributed by atoms with van der Waals surface area (Å²) in [5.41, 5.74) is 3.41. The van der Waals surface area contributed by atoms with Gasteiger partial charge in [-0.05, 0) is 87.2 Å². The van der Waals surface area contributed by atoms with Crippen molar-refractivity contribution in [2.24, 2.45) is 5.92 Å². The molecule has 0 radical (unpaired) electrons. The fourth-order valence-electron chi connectivity index (χ4n) is 7.25. The first kappa shape index (κ1) is 25.0. The third kappa shape index (κ3) is 4.49. The molecule has 4 heterocycles. The number of rotatable bonds is 6. The van der Waals surface area contributed by atoms with Crippen LogP contribution in [0.2, 0.25) is 0 Å². The minimum Gasteiger partial charge on any atom is -0.507 e. The zero-order valence-corrected chi connectivity index (χ0v) is 21.8. The Balaban J connectivity index is 1.49. The second kappa shape index (κ2) is 10.5. The summed E-state index contributed by atoms with van der Waals surface area (Å²) >= 11 is 0. The highest BCUT2D eigenvalue weighted by molar-refractivity contribution is 6.01. The van der Waals surface area contributed by atoms with Gasteiger partial charge in [-0.2, -0.15) is 0 Å². The van der Waals surface area contributed by atoms with Crippen molar-refractivity contribution in [2.75, 3.05) is 19.6 Å². The molecule has 1 saturated carbocycles. The van der Waals surface area contributed by atoms with Crippen LogP contribution < -0.4 is 5.32 Å². The van der Waals surface area contributed by atoms with Crippen molar-refractivity contribution in [3.8, 4) is 17.0 Å². The van der Waals surface area contributed by atoms with Gasteiger partial charge in [0.25, 0.3) is 0 Å². The summed E-state index contributed by atoms with van der Waals surface area (Å²) in [4.78, 5) is 28.1. The Bertz CT molecular complexity index is 1320. The van der Waals surface area contributed by atoms with Gasteiger partial charge in [-0.1, -0.05) is 19.3 Å². The standard InChI is InChI=1S/C30H37N3O5/c34-26-15-22-25(14-23(26)30(36)37)33(17-27(35)32-12-5-4-8-24(32)20-9-11-31-16-20)29(21-10-13-38-18-21)28(22)19-6-2-1-3-7-19/h10,13-15,18-20,24,31,34H,1-9,11-12,16-17H2,(H,36,37). The third-order valence-electron chi connectivity index (χ3n) is 9.06. The maximum Gasteiger partial charge on any atom is 0.339 e. The van der Waals surface area contributed by atoms with Crippen LogP contribution in [-0.4, -0.2) is 57.2 Å². The van der Waals surface area contributed by atoms with Gasteiger partial charge in [0.2, 0.25) is 5.91 Å². The molecule has 202 valence electrons. The molecule has 2 saturated heterocycles. The highest BCUT2D eigenvalue weighted by Crippen LogP contribution is 2.45. The number of nitrogens with one attached hydrogen (secondary N) is 1.